The van der Waals surface area contributed by atoms with Gasteiger partial charge in [0, 0.05) is 19.7 Å². The molecule has 0 bridgehead atoms. The number of hydrogen-bond acceptors (Lipinski definition) is 4. The van der Waals surface area contributed by atoms with Crippen molar-refractivity contribution < 1.29 is 23.1 Å². The number of carbonyl (C=O) groups is 1. The highest BCUT2D eigenvalue weighted by Crippen LogP contribution is 2.22. The first-order valence-corrected chi connectivity index (χ1v) is 8.42. The van der Waals surface area contributed by atoms with Gasteiger partial charge in [0.25, 0.3) is 0 Å². The van der Waals surface area contributed by atoms with E-state index in [-0.39, 0.29) is 11.9 Å². The van der Waals surface area contributed by atoms with Crippen LogP contribution in [0.3, 0.4) is 0 Å². The lowest BCUT2D eigenvalue weighted by atomic mass is 9.99. The Morgan fingerprint density at radius 2 is 1.89 bits per heavy atom. The van der Waals surface area contributed by atoms with Gasteiger partial charge in [-0.25, -0.2) is 12.7 Å². The van der Waals surface area contributed by atoms with Gasteiger partial charge >= 0.3 is 5.97 Å². The molecule has 0 aromatic rings. The molecule has 0 radical (unpaired) electrons. The lowest BCUT2D eigenvalue weighted by Gasteiger charge is -2.31. The predicted octanol–water partition coefficient (Wildman–Crippen LogP) is 0.682. The van der Waals surface area contributed by atoms with Crippen LogP contribution in [0.15, 0.2) is 0 Å². The number of nitrogens with zero attached hydrogens (tertiary/aromatic N) is 1. The summed E-state index contributed by atoms with van der Waals surface area (Å²) in [5.74, 6) is -1.20. The molecule has 2 fully saturated rings. The van der Waals surface area contributed by atoms with Gasteiger partial charge in [0.15, 0.2) is 0 Å². The molecular weight excluding hydrogens is 270 g/mol. The summed E-state index contributed by atoms with van der Waals surface area (Å²) >= 11 is 0. The van der Waals surface area contributed by atoms with Crippen molar-refractivity contribution in [3.05, 3.63) is 0 Å². The molecule has 2 rings (SSSR count). The highest BCUT2D eigenvalue weighted by atomic mass is 32.2. The summed E-state index contributed by atoms with van der Waals surface area (Å²) in [6.45, 7) is 1.26. The maximum atomic E-state index is 12.2. The molecule has 0 saturated carbocycles. The van der Waals surface area contributed by atoms with E-state index in [2.05, 4.69) is 0 Å². The maximum Gasteiger partial charge on any atom is 0.306 e. The van der Waals surface area contributed by atoms with E-state index in [9.17, 15) is 13.2 Å². The molecule has 1 N–H and O–H groups in total. The van der Waals surface area contributed by atoms with Gasteiger partial charge in [0.05, 0.1) is 17.8 Å². The molecule has 0 spiro atoms. The highest BCUT2D eigenvalue weighted by molar-refractivity contribution is 7.89. The van der Waals surface area contributed by atoms with E-state index in [4.69, 9.17) is 9.84 Å². The second-order valence-electron chi connectivity index (χ2n) is 5.28. The smallest absolute Gasteiger partial charge is 0.306 e. The van der Waals surface area contributed by atoms with Gasteiger partial charge in [-0.15, -0.1) is 0 Å². The second kappa shape index (κ2) is 6.19. The van der Waals surface area contributed by atoms with E-state index in [1.54, 1.807) is 0 Å². The minimum Gasteiger partial charge on any atom is -0.481 e. The number of rotatable bonds is 4. The Balaban J connectivity index is 1.88. The number of carboxylic acids is 1. The molecule has 110 valence electrons. The Hall–Kier alpha value is -0.660. The minimum absolute atomic E-state index is 0.0325. The number of ether oxygens (including phenoxy) is 1. The quantitative estimate of drug-likeness (QED) is 0.823. The van der Waals surface area contributed by atoms with Gasteiger partial charge in [-0.1, -0.05) is 0 Å². The van der Waals surface area contributed by atoms with Crippen LogP contribution in [-0.2, 0) is 19.6 Å². The van der Waals surface area contributed by atoms with Crippen molar-refractivity contribution in [1.82, 2.24) is 4.31 Å². The molecule has 0 amide bonds. The van der Waals surface area contributed by atoms with Gasteiger partial charge in [-0.05, 0) is 32.1 Å². The predicted molar refractivity (Wildman–Crippen MR) is 69.3 cm³/mol. The first kappa shape index (κ1) is 14.7. The zero-order valence-corrected chi connectivity index (χ0v) is 11.8. The van der Waals surface area contributed by atoms with Crippen molar-refractivity contribution in [2.45, 2.75) is 38.2 Å². The summed E-state index contributed by atoms with van der Waals surface area (Å²) in [6.07, 6.45) is 3.42. The van der Waals surface area contributed by atoms with Crippen LogP contribution in [0.1, 0.15) is 32.1 Å². The van der Waals surface area contributed by atoms with Gasteiger partial charge < -0.3 is 9.84 Å². The summed E-state index contributed by atoms with van der Waals surface area (Å²) in [7, 11) is -3.32. The SMILES string of the molecule is O=C(O)C1CCN(S(=O)(=O)CC2CCCCO2)CC1. The molecule has 1 unspecified atom stereocenters. The molecule has 2 aliphatic heterocycles. The Bertz CT molecular complexity index is 408. The van der Waals surface area contributed by atoms with Gasteiger partial charge in [-0.2, -0.15) is 0 Å². The van der Waals surface area contributed by atoms with E-state index in [0.717, 1.165) is 19.3 Å². The average Bonchev–Trinajstić information content (AvgIpc) is 2.39. The topological polar surface area (TPSA) is 83.9 Å². The average molecular weight is 291 g/mol. The van der Waals surface area contributed by atoms with E-state index in [0.29, 0.717) is 32.5 Å². The number of hydrogen-bond donors (Lipinski definition) is 1. The molecule has 0 aromatic heterocycles. The first-order chi connectivity index (χ1) is 8.99. The third kappa shape index (κ3) is 3.90. The van der Waals surface area contributed by atoms with Crippen molar-refractivity contribution in [3.8, 4) is 0 Å². The van der Waals surface area contributed by atoms with E-state index >= 15 is 0 Å². The van der Waals surface area contributed by atoms with Crippen LogP contribution in [0.25, 0.3) is 0 Å². The highest BCUT2D eigenvalue weighted by Gasteiger charge is 2.33. The Labute approximate surface area is 113 Å². The molecule has 19 heavy (non-hydrogen) atoms. The first-order valence-electron chi connectivity index (χ1n) is 6.81. The minimum atomic E-state index is -3.32. The molecule has 6 nitrogen and oxygen atoms in total. The van der Waals surface area contributed by atoms with Crippen LogP contribution in [0, 0.1) is 5.92 Å². The Morgan fingerprint density at radius 3 is 2.42 bits per heavy atom. The van der Waals surface area contributed by atoms with Crippen molar-refractivity contribution in [3.63, 3.8) is 0 Å². The molecule has 2 heterocycles. The Morgan fingerprint density at radius 1 is 1.21 bits per heavy atom. The third-order valence-corrected chi connectivity index (χ3v) is 5.81. The lowest BCUT2D eigenvalue weighted by Crippen LogP contribution is -2.43. The number of sulfonamides is 1. The van der Waals surface area contributed by atoms with Crippen LogP contribution in [0.5, 0.6) is 0 Å². The number of piperidine rings is 1. The molecule has 1 atom stereocenters. The zero-order valence-electron chi connectivity index (χ0n) is 11.0. The fourth-order valence-electron chi connectivity index (χ4n) is 2.66. The Kier molecular flexibility index (Phi) is 4.81. The molecule has 2 aliphatic rings. The largest absolute Gasteiger partial charge is 0.481 e. The monoisotopic (exact) mass is 291 g/mol. The summed E-state index contributed by atoms with van der Waals surface area (Å²) in [5, 5.41) is 8.90. The lowest BCUT2D eigenvalue weighted by molar-refractivity contribution is -0.142. The van der Waals surface area contributed by atoms with E-state index in [1.807, 2.05) is 0 Å². The van der Waals surface area contributed by atoms with Crippen LogP contribution in [0.4, 0.5) is 0 Å². The number of aliphatic carboxylic acids is 1. The van der Waals surface area contributed by atoms with Gasteiger partial charge in [0.1, 0.15) is 0 Å². The van der Waals surface area contributed by atoms with E-state index < -0.39 is 21.9 Å². The molecule has 2 saturated heterocycles. The van der Waals surface area contributed by atoms with Crippen molar-refractivity contribution >= 4 is 16.0 Å². The third-order valence-electron chi connectivity index (χ3n) is 3.87. The van der Waals surface area contributed by atoms with Crippen molar-refractivity contribution in [2.24, 2.45) is 5.92 Å². The normalized spacial score (nSPS) is 27.3. The van der Waals surface area contributed by atoms with Gasteiger partial charge in [-0.3, -0.25) is 4.79 Å². The van der Waals surface area contributed by atoms with Crippen molar-refractivity contribution in [2.75, 3.05) is 25.4 Å². The summed E-state index contributed by atoms with van der Waals surface area (Å²) < 4.78 is 31.3. The maximum absolute atomic E-state index is 12.2. The zero-order chi connectivity index (χ0) is 13.9. The fraction of sp³-hybridized carbons (Fsp3) is 0.917. The van der Waals surface area contributed by atoms with Crippen LogP contribution in [-0.4, -0.2) is 55.4 Å². The van der Waals surface area contributed by atoms with Crippen LogP contribution in [0.2, 0.25) is 0 Å². The molecular formula is C12H21NO5S. The summed E-state index contributed by atoms with van der Waals surface area (Å²) in [5.41, 5.74) is 0. The second-order valence-corrected chi connectivity index (χ2v) is 7.29. The molecule has 0 aliphatic carbocycles. The van der Waals surface area contributed by atoms with Crippen LogP contribution < -0.4 is 0 Å². The van der Waals surface area contributed by atoms with Crippen LogP contribution >= 0.6 is 0 Å². The number of carboxylic acid groups (broad SMARTS) is 1. The fourth-order valence-corrected chi connectivity index (χ4v) is 4.37. The van der Waals surface area contributed by atoms with Crippen molar-refractivity contribution in [1.29, 1.82) is 0 Å². The van der Waals surface area contributed by atoms with E-state index in [1.165, 1.54) is 4.31 Å². The summed E-state index contributed by atoms with van der Waals surface area (Å²) in [6, 6.07) is 0. The molecule has 7 heteroatoms. The summed E-state index contributed by atoms with van der Waals surface area (Å²) in [4.78, 5) is 10.8. The van der Waals surface area contributed by atoms with Gasteiger partial charge in [0.2, 0.25) is 10.0 Å². The molecule has 0 aromatic carbocycles. The standard InChI is InChI=1S/C12H21NO5S/c14-12(15)10-4-6-13(7-5-10)19(16,17)9-11-3-1-2-8-18-11/h10-11H,1-9H2,(H,14,15).